The molecule has 1 aromatic carbocycles. The SMILES string of the molecule is COc1ccc(CCO)c(O)c1OC. The van der Waals surface area contributed by atoms with Crippen molar-refractivity contribution in [2.45, 2.75) is 6.42 Å². The molecule has 0 unspecified atom stereocenters. The zero-order valence-electron chi connectivity index (χ0n) is 8.28. The Bertz CT molecular complexity index is 309. The second-order valence-electron chi connectivity index (χ2n) is 2.78. The van der Waals surface area contributed by atoms with Gasteiger partial charge in [0.25, 0.3) is 0 Å². The summed E-state index contributed by atoms with van der Waals surface area (Å²) in [7, 11) is 2.96. The molecule has 0 aliphatic heterocycles. The van der Waals surface area contributed by atoms with Gasteiger partial charge in [-0.2, -0.15) is 0 Å². The monoisotopic (exact) mass is 198 g/mol. The normalized spacial score (nSPS) is 9.93. The Kier molecular flexibility index (Phi) is 3.59. The van der Waals surface area contributed by atoms with Crippen molar-refractivity contribution in [3.05, 3.63) is 17.7 Å². The summed E-state index contributed by atoms with van der Waals surface area (Å²) in [6.45, 7) is -0.0109. The number of aromatic hydroxyl groups is 1. The van der Waals surface area contributed by atoms with Gasteiger partial charge in [0.05, 0.1) is 14.2 Å². The molecule has 0 aromatic heterocycles. The number of phenolic OH excluding ortho intramolecular Hbond substituents is 1. The minimum atomic E-state index is -0.0109. The van der Waals surface area contributed by atoms with Crippen molar-refractivity contribution in [2.75, 3.05) is 20.8 Å². The fourth-order valence-electron chi connectivity index (χ4n) is 1.27. The van der Waals surface area contributed by atoms with Crippen molar-refractivity contribution in [1.29, 1.82) is 0 Å². The first-order valence-corrected chi connectivity index (χ1v) is 4.28. The number of aliphatic hydroxyl groups excluding tert-OH is 1. The third-order valence-corrected chi connectivity index (χ3v) is 1.98. The molecule has 0 radical (unpaired) electrons. The van der Waals surface area contributed by atoms with Crippen LogP contribution in [-0.4, -0.2) is 31.0 Å². The Morgan fingerprint density at radius 1 is 1.21 bits per heavy atom. The maximum absolute atomic E-state index is 9.72. The Morgan fingerprint density at radius 2 is 1.93 bits per heavy atom. The highest BCUT2D eigenvalue weighted by Gasteiger charge is 2.12. The third-order valence-electron chi connectivity index (χ3n) is 1.98. The van der Waals surface area contributed by atoms with Crippen LogP contribution in [0.15, 0.2) is 12.1 Å². The Labute approximate surface area is 82.7 Å². The second-order valence-corrected chi connectivity index (χ2v) is 2.78. The lowest BCUT2D eigenvalue weighted by molar-refractivity contribution is 0.294. The number of hydrogen-bond donors (Lipinski definition) is 2. The molecule has 78 valence electrons. The Morgan fingerprint density at radius 3 is 2.43 bits per heavy atom. The molecular weight excluding hydrogens is 184 g/mol. The number of hydrogen-bond acceptors (Lipinski definition) is 4. The number of aliphatic hydroxyl groups is 1. The smallest absolute Gasteiger partial charge is 0.203 e. The molecule has 14 heavy (non-hydrogen) atoms. The van der Waals surface area contributed by atoms with E-state index in [9.17, 15) is 5.11 Å². The molecule has 0 heterocycles. The van der Waals surface area contributed by atoms with Gasteiger partial charge in [-0.1, -0.05) is 6.07 Å². The van der Waals surface area contributed by atoms with Gasteiger partial charge >= 0.3 is 0 Å². The second kappa shape index (κ2) is 4.72. The van der Waals surface area contributed by atoms with E-state index in [-0.39, 0.29) is 12.4 Å². The average Bonchev–Trinajstić information content (AvgIpc) is 2.21. The van der Waals surface area contributed by atoms with Crippen molar-refractivity contribution in [1.82, 2.24) is 0 Å². The summed E-state index contributed by atoms with van der Waals surface area (Å²) in [4.78, 5) is 0. The number of benzene rings is 1. The quantitative estimate of drug-likeness (QED) is 0.756. The van der Waals surface area contributed by atoms with Crippen LogP contribution < -0.4 is 9.47 Å². The van der Waals surface area contributed by atoms with Gasteiger partial charge < -0.3 is 19.7 Å². The van der Waals surface area contributed by atoms with Crippen molar-refractivity contribution < 1.29 is 19.7 Å². The molecular formula is C10H14O4. The van der Waals surface area contributed by atoms with E-state index < -0.39 is 0 Å². The van der Waals surface area contributed by atoms with Crippen LogP contribution in [-0.2, 0) is 6.42 Å². The number of phenols is 1. The summed E-state index contributed by atoms with van der Waals surface area (Å²) in [5.74, 6) is 0.811. The third kappa shape index (κ3) is 1.90. The largest absolute Gasteiger partial charge is 0.504 e. The molecule has 4 heteroatoms. The molecule has 0 fully saturated rings. The highest BCUT2D eigenvalue weighted by atomic mass is 16.5. The summed E-state index contributed by atoms with van der Waals surface area (Å²) in [5.41, 5.74) is 0.644. The summed E-state index contributed by atoms with van der Waals surface area (Å²) < 4.78 is 10.0. The van der Waals surface area contributed by atoms with E-state index in [0.717, 1.165) is 0 Å². The van der Waals surface area contributed by atoms with Gasteiger partial charge in [0.2, 0.25) is 5.75 Å². The van der Waals surface area contributed by atoms with Gasteiger partial charge in [-0.15, -0.1) is 0 Å². The van der Waals surface area contributed by atoms with Gasteiger partial charge in [0.15, 0.2) is 11.5 Å². The van der Waals surface area contributed by atoms with Crippen LogP contribution in [0.5, 0.6) is 17.2 Å². The van der Waals surface area contributed by atoms with Crippen molar-refractivity contribution >= 4 is 0 Å². The van der Waals surface area contributed by atoms with Gasteiger partial charge in [0.1, 0.15) is 0 Å². The van der Waals surface area contributed by atoms with Crippen molar-refractivity contribution in [3.8, 4) is 17.2 Å². The molecule has 0 bridgehead atoms. The van der Waals surface area contributed by atoms with E-state index in [2.05, 4.69) is 0 Å². The summed E-state index contributed by atoms with van der Waals surface area (Å²) in [5, 5.41) is 18.5. The molecule has 1 rings (SSSR count). The number of rotatable bonds is 4. The molecule has 2 N–H and O–H groups in total. The zero-order chi connectivity index (χ0) is 10.6. The lowest BCUT2D eigenvalue weighted by atomic mass is 10.1. The molecule has 0 aliphatic carbocycles. The zero-order valence-corrected chi connectivity index (χ0v) is 8.28. The Balaban J connectivity index is 3.13. The van der Waals surface area contributed by atoms with Gasteiger partial charge in [-0.25, -0.2) is 0 Å². The van der Waals surface area contributed by atoms with E-state index in [1.807, 2.05) is 0 Å². The predicted octanol–water partition coefficient (Wildman–Crippen LogP) is 0.944. The average molecular weight is 198 g/mol. The lowest BCUT2D eigenvalue weighted by Crippen LogP contribution is -1.96. The summed E-state index contributed by atoms with van der Waals surface area (Å²) in [6.07, 6.45) is 0.395. The highest BCUT2D eigenvalue weighted by molar-refractivity contribution is 5.54. The van der Waals surface area contributed by atoms with Crippen LogP contribution in [0.2, 0.25) is 0 Å². The molecule has 4 nitrogen and oxygen atoms in total. The van der Waals surface area contributed by atoms with Gasteiger partial charge in [-0.3, -0.25) is 0 Å². The van der Waals surface area contributed by atoms with E-state index in [1.165, 1.54) is 14.2 Å². The highest BCUT2D eigenvalue weighted by Crippen LogP contribution is 2.38. The van der Waals surface area contributed by atoms with Crippen molar-refractivity contribution in [3.63, 3.8) is 0 Å². The van der Waals surface area contributed by atoms with Crippen LogP contribution in [0.1, 0.15) is 5.56 Å². The van der Waals surface area contributed by atoms with Crippen molar-refractivity contribution in [2.24, 2.45) is 0 Å². The minimum Gasteiger partial charge on any atom is -0.504 e. The first-order valence-electron chi connectivity index (χ1n) is 4.28. The molecule has 0 amide bonds. The first kappa shape index (κ1) is 10.7. The van der Waals surface area contributed by atoms with Crippen LogP contribution in [0.4, 0.5) is 0 Å². The molecule has 0 saturated carbocycles. The maximum atomic E-state index is 9.72. The van der Waals surface area contributed by atoms with E-state index >= 15 is 0 Å². The predicted molar refractivity (Wildman–Crippen MR) is 52.0 cm³/mol. The van der Waals surface area contributed by atoms with E-state index in [0.29, 0.717) is 23.5 Å². The van der Waals surface area contributed by atoms with E-state index in [1.54, 1.807) is 12.1 Å². The molecule has 0 saturated heterocycles. The standard InChI is InChI=1S/C10H14O4/c1-13-8-4-3-7(5-6-11)9(12)10(8)14-2/h3-4,11-12H,5-6H2,1-2H3. The van der Waals surface area contributed by atoms with Crippen LogP contribution in [0.3, 0.4) is 0 Å². The van der Waals surface area contributed by atoms with Gasteiger partial charge in [-0.05, 0) is 12.5 Å². The topological polar surface area (TPSA) is 58.9 Å². The van der Waals surface area contributed by atoms with Crippen LogP contribution >= 0.6 is 0 Å². The van der Waals surface area contributed by atoms with Crippen LogP contribution in [0.25, 0.3) is 0 Å². The molecule has 1 aromatic rings. The molecule has 0 spiro atoms. The lowest BCUT2D eigenvalue weighted by Gasteiger charge is -2.11. The van der Waals surface area contributed by atoms with Gasteiger partial charge in [0, 0.05) is 12.2 Å². The number of ether oxygens (including phenoxy) is 2. The summed E-state index contributed by atoms with van der Waals surface area (Å²) >= 11 is 0. The molecule has 0 aliphatic rings. The Hall–Kier alpha value is -1.42. The first-order chi connectivity index (χ1) is 6.74. The maximum Gasteiger partial charge on any atom is 0.203 e. The minimum absolute atomic E-state index is 0.0109. The number of methoxy groups -OCH3 is 2. The molecule has 0 atom stereocenters. The van der Waals surface area contributed by atoms with Crippen LogP contribution in [0, 0.1) is 0 Å². The summed E-state index contributed by atoms with van der Waals surface area (Å²) in [6, 6.07) is 3.40. The van der Waals surface area contributed by atoms with E-state index in [4.69, 9.17) is 14.6 Å². The fourth-order valence-corrected chi connectivity index (χ4v) is 1.27. The fraction of sp³-hybridized carbons (Fsp3) is 0.400.